The second kappa shape index (κ2) is 6.93. The smallest absolute Gasteiger partial charge is 0.00925 e. The van der Waals surface area contributed by atoms with Crippen LogP contribution in [0.25, 0.3) is 0 Å². The zero-order chi connectivity index (χ0) is 12.8. The van der Waals surface area contributed by atoms with E-state index in [4.69, 9.17) is 0 Å². The first-order valence-corrected chi connectivity index (χ1v) is 6.61. The van der Waals surface area contributed by atoms with E-state index in [1.54, 1.807) is 0 Å². The minimum Gasteiger partial charge on any atom is -0.103 e. The topological polar surface area (TPSA) is 0 Å². The highest BCUT2D eigenvalue weighted by molar-refractivity contribution is 5.01. The first kappa shape index (κ1) is 15.5. The van der Waals surface area contributed by atoms with Gasteiger partial charge in [0.2, 0.25) is 0 Å². The standard InChI is InChI=1S/C16H30/c1-8-16(15(6)7,12-14(4)5)11-9-10-13(2)3/h8,10,14-15H,1,9,11-12H2,2-7H3. The molecule has 0 saturated carbocycles. The summed E-state index contributed by atoms with van der Waals surface area (Å²) in [7, 11) is 0. The van der Waals surface area contributed by atoms with E-state index < -0.39 is 0 Å². The van der Waals surface area contributed by atoms with Gasteiger partial charge in [-0.15, -0.1) is 6.58 Å². The van der Waals surface area contributed by atoms with E-state index in [1.807, 2.05) is 0 Å². The van der Waals surface area contributed by atoms with E-state index in [2.05, 4.69) is 60.3 Å². The predicted octanol–water partition coefficient (Wildman–Crippen LogP) is 5.61. The van der Waals surface area contributed by atoms with Crippen molar-refractivity contribution in [2.45, 2.75) is 60.8 Å². The van der Waals surface area contributed by atoms with Crippen LogP contribution in [0.4, 0.5) is 0 Å². The average molecular weight is 222 g/mol. The lowest BCUT2D eigenvalue weighted by Gasteiger charge is -2.36. The molecule has 0 spiro atoms. The molecule has 0 aliphatic carbocycles. The van der Waals surface area contributed by atoms with Gasteiger partial charge in [0, 0.05) is 0 Å². The Hall–Kier alpha value is -0.520. The molecule has 0 N–H and O–H groups in total. The molecule has 0 radical (unpaired) electrons. The molecule has 16 heavy (non-hydrogen) atoms. The molecule has 0 aromatic carbocycles. The van der Waals surface area contributed by atoms with Crippen LogP contribution in [0.3, 0.4) is 0 Å². The molecule has 0 aliphatic heterocycles. The fourth-order valence-electron chi connectivity index (χ4n) is 2.44. The molecule has 94 valence electrons. The van der Waals surface area contributed by atoms with Gasteiger partial charge in [-0.3, -0.25) is 0 Å². The Kier molecular flexibility index (Phi) is 6.71. The second-order valence-corrected chi connectivity index (χ2v) is 6.01. The van der Waals surface area contributed by atoms with Crippen LogP contribution < -0.4 is 0 Å². The van der Waals surface area contributed by atoms with Gasteiger partial charge in [0.05, 0.1) is 0 Å². The van der Waals surface area contributed by atoms with Crippen LogP contribution in [0.2, 0.25) is 0 Å². The molecular formula is C16H30. The molecule has 0 amide bonds. The maximum absolute atomic E-state index is 4.08. The van der Waals surface area contributed by atoms with Crippen LogP contribution in [-0.2, 0) is 0 Å². The van der Waals surface area contributed by atoms with Crippen molar-refractivity contribution in [1.82, 2.24) is 0 Å². The molecule has 0 aliphatic rings. The van der Waals surface area contributed by atoms with Crippen LogP contribution in [0.1, 0.15) is 60.8 Å². The predicted molar refractivity (Wildman–Crippen MR) is 75.6 cm³/mol. The molecule has 0 fully saturated rings. The number of hydrogen-bond acceptors (Lipinski definition) is 0. The summed E-state index contributed by atoms with van der Waals surface area (Å²) in [4.78, 5) is 0. The van der Waals surface area contributed by atoms with Crippen LogP contribution in [0, 0.1) is 17.3 Å². The fraction of sp³-hybridized carbons (Fsp3) is 0.750. The molecule has 0 rings (SSSR count). The van der Waals surface area contributed by atoms with Gasteiger partial charge in [0.1, 0.15) is 0 Å². The van der Waals surface area contributed by atoms with E-state index in [0.717, 1.165) is 5.92 Å². The minimum absolute atomic E-state index is 0.320. The molecule has 0 bridgehead atoms. The summed E-state index contributed by atoms with van der Waals surface area (Å²) in [6.07, 6.45) is 8.22. The lowest BCUT2D eigenvalue weighted by atomic mass is 9.69. The van der Waals surface area contributed by atoms with Gasteiger partial charge in [-0.1, -0.05) is 45.4 Å². The highest BCUT2D eigenvalue weighted by Gasteiger charge is 2.30. The Morgan fingerprint density at radius 3 is 2.06 bits per heavy atom. The Bertz CT molecular complexity index is 228. The first-order chi connectivity index (χ1) is 7.34. The van der Waals surface area contributed by atoms with Gasteiger partial charge >= 0.3 is 0 Å². The van der Waals surface area contributed by atoms with Gasteiger partial charge in [0.25, 0.3) is 0 Å². The molecule has 0 heterocycles. The van der Waals surface area contributed by atoms with Crippen molar-refractivity contribution >= 4 is 0 Å². The molecule has 0 heteroatoms. The summed E-state index contributed by atoms with van der Waals surface area (Å²) in [6, 6.07) is 0. The number of hydrogen-bond donors (Lipinski definition) is 0. The van der Waals surface area contributed by atoms with E-state index in [0.29, 0.717) is 11.3 Å². The summed E-state index contributed by atoms with van der Waals surface area (Å²) < 4.78 is 0. The van der Waals surface area contributed by atoms with E-state index in [-0.39, 0.29) is 0 Å². The highest BCUT2D eigenvalue weighted by atomic mass is 14.3. The summed E-state index contributed by atoms with van der Waals surface area (Å²) >= 11 is 0. The lowest BCUT2D eigenvalue weighted by molar-refractivity contribution is 0.198. The largest absolute Gasteiger partial charge is 0.103 e. The molecule has 1 unspecified atom stereocenters. The van der Waals surface area contributed by atoms with Crippen molar-refractivity contribution in [3.63, 3.8) is 0 Å². The van der Waals surface area contributed by atoms with Crippen LogP contribution >= 0.6 is 0 Å². The maximum Gasteiger partial charge on any atom is -0.00925 e. The van der Waals surface area contributed by atoms with E-state index in [9.17, 15) is 0 Å². The fourth-order valence-corrected chi connectivity index (χ4v) is 2.44. The van der Waals surface area contributed by atoms with Crippen molar-refractivity contribution in [1.29, 1.82) is 0 Å². The maximum atomic E-state index is 4.08. The van der Waals surface area contributed by atoms with Crippen LogP contribution in [-0.4, -0.2) is 0 Å². The van der Waals surface area contributed by atoms with Crippen molar-refractivity contribution in [3.8, 4) is 0 Å². The van der Waals surface area contributed by atoms with E-state index >= 15 is 0 Å². The number of allylic oxidation sites excluding steroid dienone is 3. The SMILES string of the molecule is C=CC(CCC=C(C)C)(CC(C)C)C(C)C. The van der Waals surface area contributed by atoms with Crippen LogP contribution in [0.5, 0.6) is 0 Å². The van der Waals surface area contributed by atoms with Crippen molar-refractivity contribution in [2.24, 2.45) is 17.3 Å². The van der Waals surface area contributed by atoms with Gasteiger partial charge < -0.3 is 0 Å². The summed E-state index contributed by atoms with van der Waals surface area (Å²) in [5.41, 5.74) is 1.74. The summed E-state index contributed by atoms with van der Waals surface area (Å²) in [5, 5.41) is 0. The van der Waals surface area contributed by atoms with Gasteiger partial charge in [-0.25, -0.2) is 0 Å². The third-order valence-corrected chi connectivity index (χ3v) is 3.51. The summed E-state index contributed by atoms with van der Waals surface area (Å²) in [6.45, 7) is 17.7. The molecular weight excluding hydrogens is 192 g/mol. The minimum atomic E-state index is 0.320. The Morgan fingerprint density at radius 2 is 1.75 bits per heavy atom. The third kappa shape index (κ3) is 5.01. The molecule has 0 nitrogen and oxygen atoms in total. The lowest BCUT2D eigenvalue weighted by Crippen LogP contribution is -2.26. The van der Waals surface area contributed by atoms with Crippen molar-refractivity contribution < 1.29 is 0 Å². The number of rotatable bonds is 7. The zero-order valence-corrected chi connectivity index (χ0v) is 12.1. The molecule has 0 aromatic heterocycles. The quantitative estimate of drug-likeness (QED) is 0.491. The van der Waals surface area contributed by atoms with Gasteiger partial charge in [-0.05, 0) is 50.4 Å². The summed E-state index contributed by atoms with van der Waals surface area (Å²) in [5.74, 6) is 1.42. The van der Waals surface area contributed by atoms with Crippen molar-refractivity contribution in [2.75, 3.05) is 0 Å². The normalized spacial score (nSPS) is 15.0. The Balaban J connectivity index is 4.64. The third-order valence-electron chi connectivity index (χ3n) is 3.51. The molecule has 0 saturated heterocycles. The zero-order valence-electron chi connectivity index (χ0n) is 12.1. The highest BCUT2D eigenvalue weighted by Crippen LogP contribution is 2.40. The Morgan fingerprint density at radius 1 is 1.19 bits per heavy atom. The Labute approximate surface area is 103 Å². The molecule has 0 aromatic rings. The second-order valence-electron chi connectivity index (χ2n) is 6.01. The van der Waals surface area contributed by atoms with Crippen LogP contribution in [0.15, 0.2) is 24.3 Å². The average Bonchev–Trinajstić information content (AvgIpc) is 2.14. The van der Waals surface area contributed by atoms with E-state index in [1.165, 1.54) is 24.8 Å². The van der Waals surface area contributed by atoms with Gasteiger partial charge in [-0.2, -0.15) is 0 Å². The molecule has 1 atom stereocenters. The van der Waals surface area contributed by atoms with Crippen molar-refractivity contribution in [3.05, 3.63) is 24.3 Å². The van der Waals surface area contributed by atoms with Gasteiger partial charge in [0.15, 0.2) is 0 Å². The monoisotopic (exact) mass is 222 g/mol. The first-order valence-electron chi connectivity index (χ1n) is 6.61.